The largest absolute Gasteiger partial charge is 0.360 e. The Balaban J connectivity index is 1.84. The van der Waals surface area contributed by atoms with E-state index in [-0.39, 0.29) is 0 Å². The molecule has 3 rings (SSSR count). The summed E-state index contributed by atoms with van der Waals surface area (Å²) in [6.45, 7) is 2.03. The highest BCUT2D eigenvalue weighted by Crippen LogP contribution is 2.27. The summed E-state index contributed by atoms with van der Waals surface area (Å²) >= 11 is 4.93. The van der Waals surface area contributed by atoms with Crippen LogP contribution in [-0.2, 0) is 0 Å². The molecule has 0 amide bonds. The average molecular weight is 396 g/mol. The molecule has 0 fully saturated rings. The normalized spacial score (nSPS) is 11.1. The summed E-state index contributed by atoms with van der Waals surface area (Å²) in [5.41, 5.74) is 4.52. The van der Waals surface area contributed by atoms with Crippen LogP contribution in [0.2, 0.25) is 0 Å². The first-order valence-corrected chi connectivity index (χ1v) is 8.98. The van der Waals surface area contributed by atoms with Gasteiger partial charge in [-0.25, -0.2) is 4.98 Å². The van der Waals surface area contributed by atoms with E-state index < -0.39 is 0 Å². The Morgan fingerprint density at radius 2 is 2.08 bits per heavy atom. The Hall–Kier alpha value is -2.42. The summed E-state index contributed by atoms with van der Waals surface area (Å²) in [5.74, 6) is 0. The Labute approximate surface area is 153 Å². The van der Waals surface area contributed by atoms with E-state index >= 15 is 0 Å². The number of hydrogen-bond acceptors (Lipinski definition) is 4. The van der Waals surface area contributed by atoms with Crippen molar-refractivity contribution in [2.45, 2.75) is 6.92 Å². The quantitative estimate of drug-likeness (QED) is 0.562. The Morgan fingerprint density at radius 3 is 2.83 bits per heavy atom. The second-order valence-corrected chi connectivity index (χ2v) is 7.01. The van der Waals surface area contributed by atoms with Crippen LogP contribution in [-0.4, -0.2) is 4.98 Å². The molecular weight excluding hydrogens is 382 g/mol. The van der Waals surface area contributed by atoms with Crippen LogP contribution >= 0.6 is 27.3 Å². The molecule has 118 valence electrons. The number of aryl methyl sites for hydroxylation is 1. The highest BCUT2D eigenvalue weighted by Gasteiger charge is 2.09. The van der Waals surface area contributed by atoms with E-state index in [0.29, 0.717) is 10.6 Å². The first-order chi connectivity index (χ1) is 11.7. The van der Waals surface area contributed by atoms with Gasteiger partial charge in [-0.15, -0.1) is 11.3 Å². The van der Waals surface area contributed by atoms with Crippen molar-refractivity contribution in [1.82, 2.24) is 4.98 Å². The molecule has 3 nitrogen and oxygen atoms in total. The molecule has 0 atom stereocenters. The zero-order chi connectivity index (χ0) is 16.9. The van der Waals surface area contributed by atoms with Crippen molar-refractivity contribution in [2.75, 3.05) is 5.32 Å². The molecule has 5 heteroatoms. The Kier molecular flexibility index (Phi) is 5.09. The van der Waals surface area contributed by atoms with Crippen LogP contribution in [0.3, 0.4) is 0 Å². The van der Waals surface area contributed by atoms with Crippen LogP contribution in [0, 0.1) is 18.3 Å². The van der Waals surface area contributed by atoms with Crippen LogP contribution in [0.4, 0.5) is 5.69 Å². The lowest BCUT2D eigenvalue weighted by Gasteiger charge is -2.02. The maximum absolute atomic E-state index is 9.44. The molecule has 0 aliphatic heterocycles. The molecule has 0 unspecified atom stereocenters. The van der Waals surface area contributed by atoms with E-state index in [1.807, 2.05) is 60.8 Å². The zero-order valence-electron chi connectivity index (χ0n) is 13.0. The van der Waals surface area contributed by atoms with E-state index in [1.54, 1.807) is 6.20 Å². The molecule has 3 aromatic rings. The predicted octanol–water partition coefficient (Wildman–Crippen LogP) is 5.86. The molecule has 0 radical (unpaired) electrons. The van der Waals surface area contributed by atoms with Gasteiger partial charge in [0.2, 0.25) is 0 Å². The van der Waals surface area contributed by atoms with Gasteiger partial charge in [0, 0.05) is 27.3 Å². The van der Waals surface area contributed by atoms with E-state index in [4.69, 9.17) is 0 Å². The summed E-state index contributed by atoms with van der Waals surface area (Å²) in [5, 5.41) is 15.3. The van der Waals surface area contributed by atoms with Crippen molar-refractivity contribution in [1.29, 1.82) is 5.26 Å². The fourth-order valence-electron chi connectivity index (χ4n) is 2.21. The standard InChI is InChI=1S/C19H14BrN3S/c1-13-4-2-7-17(8-13)22-11-15(10-21)19-23-18(12-24-19)14-5-3-6-16(20)9-14/h2-9,11-12,22H,1H3. The number of aromatic nitrogens is 1. The predicted molar refractivity (Wildman–Crippen MR) is 104 cm³/mol. The maximum atomic E-state index is 9.44. The Morgan fingerprint density at radius 1 is 1.25 bits per heavy atom. The van der Waals surface area contributed by atoms with Crippen molar-refractivity contribution < 1.29 is 0 Å². The molecule has 1 heterocycles. The van der Waals surface area contributed by atoms with Gasteiger partial charge in [-0.3, -0.25) is 0 Å². The molecular formula is C19H14BrN3S. The summed E-state index contributed by atoms with van der Waals surface area (Å²) in [6.07, 6.45) is 1.71. The van der Waals surface area contributed by atoms with Gasteiger partial charge in [-0.05, 0) is 36.8 Å². The minimum atomic E-state index is 0.516. The number of nitriles is 1. The number of benzene rings is 2. The zero-order valence-corrected chi connectivity index (χ0v) is 15.4. The third-order valence-corrected chi connectivity index (χ3v) is 4.75. The molecule has 2 aromatic carbocycles. The monoisotopic (exact) mass is 395 g/mol. The third kappa shape index (κ3) is 3.91. The third-order valence-electron chi connectivity index (χ3n) is 3.38. The van der Waals surface area contributed by atoms with Gasteiger partial charge in [0.25, 0.3) is 0 Å². The fraction of sp³-hybridized carbons (Fsp3) is 0.0526. The van der Waals surface area contributed by atoms with Gasteiger partial charge in [0.05, 0.1) is 5.69 Å². The molecule has 0 spiro atoms. The summed E-state index contributed by atoms with van der Waals surface area (Å²) in [6, 6.07) is 18.2. The molecule has 24 heavy (non-hydrogen) atoms. The first kappa shape index (κ1) is 16.4. The first-order valence-electron chi connectivity index (χ1n) is 7.31. The molecule has 0 saturated carbocycles. The van der Waals surface area contributed by atoms with Crippen LogP contribution in [0.15, 0.2) is 64.6 Å². The number of hydrogen-bond donors (Lipinski definition) is 1. The number of anilines is 1. The lowest BCUT2D eigenvalue weighted by atomic mass is 10.2. The Bertz CT molecular complexity index is 938. The van der Waals surface area contributed by atoms with Crippen LogP contribution in [0.1, 0.15) is 10.6 Å². The molecule has 0 aliphatic carbocycles. The van der Waals surface area contributed by atoms with Crippen molar-refractivity contribution in [3.05, 3.63) is 75.2 Å². The number of nitrogens with one attached hydrogen (secondary N) is 1. The van der Waals surface area contributed by atoms with Gasteiger partial charge < -0.3 is 5.32 Å². The van der Waals surface area contributed by atoms with Gasteiger partial charge in [-0.2, -0.15) is 5.26 Å². The summed E-state index contributed by atoms with van der Waals surface area (Å²) in [7, 11) is 0. The molecule has 1 aromatic heterocycles. The molecule has 1 N–H and O–H groups in total. The minimum Gasteiger partial charge on any atom is -0.360 e. The number of thiazole rings is 1. The minimum absolute atomic E-state index is 0.516. The summed E-state index contributed by atoms with van der Waals surface area (Å²) < 4.78 is 1.01. The second-order valence-electron chi connectivity index (χ2n) is 5.23. The van der Waals surface area contributed by atoms with Gasteiger partial charge in [0.15, 0.2) is 0 Å². The topological polar surface area (TPSA) is 48.7 Å². The van der Waals surface area contributed by atoms with Crippen LogP contribution in [0.25, 0.3) is 16.8 Å². The van der Waals surface area contributed by atoms with E-state index in [0.717, 1.165) is 27.0 Å². The van der Waals surface area contributed by atoms with E-state index in [9.17, 15) is 5.26 Å². The molecule has 0 saturated heterocycles. The van der Waals surface area contributed by atoms with Crippen LogP contribution < -0.4 is 5.32 Å². The number of rotatable bonds is 4. The lowest BCUT2D eigenvalue weighted by Crippen LogP contribution is -1.91. The lowest BCUT2D eigenvalue weighted by molar-refractivity contribution is 1.36. The molecule has 0 bridgehead atoms. The highest BCUT2D eigenvalue weighted by atomic mass is 79.9. The van der Waals surface area contributed by atoms with Crippen molar-refractivity contribution in [3.8, 4) is 17.3 Å². The number of allylic oxidation sites excluding steroid dienone is 1. The van der Waals surface area contributed by atoms with Crippen molar-refractivity contribution in [2.24, 2.45) is 0 Å². The molecule has 0 aliphatic rings. The average Bonchev–Trinajstić information content (AvgIpc) is 3.05. The van der Waals surface area contributed by atoms with Gasteiger partial charge in [-0.1, -0.05) is 40.2 Å². The maximum Gasteiger partial charge on any atom is 0.136 e. The van der Waals surface area contributed by atoms with E-state index in [1.165, 1.54) is 11.3 Å². The second kappa shape index (κ2) is 7.43. The van der Waals surface area contributed by atoms with Gasteiger partial charge in [0.1, 0.15) is 16.6 Å². The smallest absolute Gasteiger partial charge is 0.136 e. The summed E-state index contributed by atoms with van der Waals surface area (Å²) in [4.78, 5) is 4.59. The number of nitrogens with zero attached hydrogens (tertiary/aromatic N) is 2. The SMILES string of the molecule is Cc1cccc(NC=C(C#N)c2nc(-c3cccc(Br)c3)cs2)c1. The van der Waals surface area contributed by atoms with Crippen molar-refractivity contribution >= 4 is 38.5 Å². The number of halogens is 1. The fourth-order valence-corrected chi connectivity index (χ4v) is 3.40. The van der Waals surface area contributed by atoms with Gasteiger partial charge >= 0.3 is 0 Å². The van der Waals surface area contributed by atoms with Crippen LogP contribution in [0.5, 0.6) is 0 Å². The van der Waals surface area contributed by atoms with E-state index in [2.05, 4.69) is 32.3 Å². The van der Waals surface area contributed by atoms with Crippen molar-refractivity contribution in [3.63, 3.8) is 0 Å². The highest BCUT2D eigenvalue weighted by molar-refractivity contribution is 9.10.